The molecular weight excluding hydrogens is 172 g/mol. The molecule has 1 unspecified atom stereocenters. The number of hydrogen-bond donors (Lipinski definition) is 1. The van der Waals surface area contributed by atoms with Crippen LogP contribution in [0.2, 0.25) is 0 Å². The SMILES string of the molecule is C1=CCC2(C1)CNC2c1cccnc1. The molecule has 1 aromatic heterocycles. The quantitative estimate of drug-likeness (QED) is 0.679. The summed E-state index contributed by atoms with van der Waals surface area (Å²) < 4.78 is 0. The molecule has 72 valence electrons. The molecule has 0 amide bonds. The average Bonchev–Trinajstić information content (AvgIpc) is 2.68. The molecule has 0 radical (unpaired) electrons. The van der Waals surface area contributed by atoms with Crippen LogP contribution >= 0.6 is 0 Å². The molecule has 1 saturated heterocycles. The Morgan fingerprint density at radius 2 is 2.21 bits per heavy atom. The molecule has 2 aliphatic rings. The summed E-state index contributed by atoms with van der Waals surface area (Å²) in [5, 5.41) is 3.51. The zero-order valence-corrected chi connectivity index (χ0v) is 8.11. The maximum Gasteiger partial charge on any atom is 0.0410 e. The number of nitrogens with one attached hydrogen (secondary N) is 1. The number of aromatic nitrogens is 1. The van der Waals surface area contributed by atoms with Gasteiger partial charge in [-0.1, -0.05) is 18.2 Å². The minimum absolute atomic E-state index is 0.475. The molecule has 3 rings (SSSR count). The zero-order chi connectivity index (χ0) is 9.43. The van der Waals surface area contributed by atoms with Crippen LogP contribution in [0.3, 0.4) is 0 Å². The van der Waals surface area contributed by atoms with Crippen LogP contribution in [0.4, 0.5) is 0 Å². The van der Waals surface area contributed by atoms with Gasteiger partial charge < -0.3 is 5.32 Å². The Kier molecular flexibility index (Phi) is 1.71. The molecule has 1 aliphatic heterocycles. The fourth-order valence-electron chi connectivity index (χ4n) is 2.61. The Labute approximate surface area is 84.1 Å². The van der Waals surface area contributed by atoms with Crippen molar-refractivity contribution in [2.75, 3.05) is 6.54 Å². The first-order valence-electron chi connectivity index (χ1n) is 5.19. The summed E-state index contributed by atoms with van der Waals surface area (Å²) in [5.74, 6) is 0. The second-order valence-corrected chi connectivity index (χ2v) is 4.34. The highest BCUT2D eigenvalue weighted by Gasteiger charge is 2.47. The number of nitrogens with zero attached hydrogens (tertiary/aromatic N) is 1. The fourth-order valence-corrected chi connectivity index (χ4v) is 2.61. The van der Waals surface area contributed by atoms with Crippen LogP contribution in [0.1, 0.15) is 24.4 Å². The van der Waals surface area contributed by atoms with Crippen molar-refractivity contribution in [3.63, 3.8) is 0 Å². The molecule has 0 saturated carbocycles. The first-order valence-corrected chi connectivity index (χ1v) is 5.19. The Morgan fingerprint density at radius 1 is 1.36 bits per heavy atom. The third kappa shape index (κ3) is 1.04. The molecule has 1 aromatic rings. The predicted octanol–water partition coefficient (Wildman–Crippen LogP) is 2.06. The lowest BCUT2D eigenvalue weighted by molar-refractivity contribution is 0.0965. The standard InChI is InChI=1S/C12H14N2/c1-2-6-12(5-1)9-14-11(12)10-4-3-7-13-8-10/h1-4,7-8,11,14H,5-6,9H2. The van der Waals surface area contributed by atoms with E-state index >= 15 is 0 Å². The van der Waals surface area contributed by atoms with Gasteiger partial charge in [-0.15, -0.1) is 0 Å². The molecule has 2 heteroatoms. The molecule has 1 atom stereocenters. The normalized spacial score (nSPS) is 27.9. The van der Waals surface area contributed by atoms with E-state index in [9.17, 15) is 0 Å². The van der Waals surface area contributed by atoms with E-state index in [4.69, 9.17) is 0 Å². The van der Waals surface area contributed by atoms with Gasteiger partial charge >= 0.3 is 0 Å². The van der Waals surface area contributed by atoms with Gasteiger partial charge in [0.1, 0.15) is 0 Å². The topological polar surface area (TPSA) is 24.9 Å². The van der Waals surface area contributed by atoms with Crippen LogP contribution in [0.15, 0.2) is 36.7 Å². The second-order valence-electron chi connectivity index (χ2n) is 4.34. The van der Waals surface area contributed by atoms with Gasteiger partial charge in [-0.25, -0.2) is 0 Å². The van der Waals surface area contributed by atoms with E-state index in [-0.39, 0.29) is 0 Å². The van der Waals surface area contributed by atoms with Gasteiger partial charge in [0.25, 0.3) is 0 Å². The van der Waals surface area contributed by atoms with Gasteiger partial charge in [-0.2, -0.15) is 0 Å². The molecule has 0 aromatic carbocycles. The third-order valence-electron chi connectivity index (χ3n) is 3.50. The number of pyridine rings is 1. The fraction of sp³-hybridized carbons (Fsp3) is 0.417. The maximum atomic E-state index is 4.18. The van der Waals surface area contributed by atoms with Gasteiger partial charge in [0.15, 0.2) is 0 Å². The Balaban J connectivity index is 1.87. The largest absolute Gasteiger partial charge is 0.309 e. The van der Waals surface area contributed by atoms with Crippen LogP contribution in [0, 0.1) is 5.41 Å². The average molecular weight is 186 g/mol. The highest BCUT2D eigenvalue weighted by molar-refractivity contribution is 5.25. The molecular formula is C12H14N2. The molecule has 14 heavy (non-hydrogen) atoms. The van der Waals surface area contributed by atoms with E-state index in [0.29, 0.717) is 11.5 Å². The Hall–Kier alpha value is -1.15. The third-order valence-corrected chi connectivity index (χ3v) is 3.50. The lowest BCUT2D eigenvalue weighted by atomic mass is 9.69. The highest BCUT2D eigenvalue weighted by atomic mass is 15.0. The molecule has 0 bridgehead atoms. The molecule has 1 fully saturated rings. The highest BCUT2D eigenvalue weighted by Crippen LogP contribution is 2.49. The van der Waals surface area contributed by atoms with Crippen molar-refractivity contribution in [2.24, 2.45) is 5.41 Å². The summed E-state index contributed by atoms with van der Waals surface area (Å²) in [6.45, 7) is 1.15. The van der Waals surface area contributed by atoms with E-state index in [1.807, 2.05) is 18.5 Å². The van der Waals surface area contributed by atoms with Crippen LogP contribution in [0.25, 0.3) is 0 Å². The zero-order valence-electron chi connectivity index (χ0n) is 8.11. The number of allylic oxidation sites excluding steroid dienone is 2. The lowest BCUT2D eigenvalue weighted by Gasteiger charge is -2.48. The van der Waals surface area contributed by atoms with Gasteiger partial charge in [-0.3, -0.25) is 4.98 Å². The van der Waals surface area contributed by atoms with Gasteiger partial charge in [0, 0.05) is 30.4 Å². The van der Waals surface area contributed by atoms with Crippen molar-refractivity contribution >= 4 is 0 Å². The van der Waals surface area contributed by atoms with Gasteiger partial charge in [0.05, 0.1) is 0 Å². The number of rotatable bonds is 1. The monoisotopic (exact) mass is 186 g/mol. The van der Waals surface area contributed by atoms with E-state index in [0.717, 1.165) is 6.54 Å². The summed E-state index contributed by atoms with van der Waals surface area (Å²) in [6.07, 6.45) is 10.9. The maximum absolute atomic E-state index is 4.18. The summed E-state index contributed by atoms with van der Waals surface area (Å²) in [4.78, 5) is 4.18. The van der Waals surface area contributed by atoms with Gasteiger partial charge in [0.2, 0.25) is 0 Å². The van der Waals surface area contributed by atoms with Crippen molar-refractivity contribution in [2.45, 2.75) is 18.9 Å². The minimum Gasteiger partial charge on any atom is -0.309 e. The van der Waals surface area contributed by atoms with E-state index in [2.05, 4.69) is 28.5 Å². The first-order chi connectivity index (χ1) is 6.91. The van der Waals surface area contributed by atoms with Crippen LogP contribution in [-0.2, 0) is 0 Å². The molecule has 1 N–H and O–H groups in total. The Bertz CT molecular complexity index is 348. The molecule has 2 heterocycles. The van der Waals surface area contributed by atoms with Crippen LogP contribution in [0.5, 0.6) is 0 Å². The van der Waals surface area contributed by atoms with Crippen LogP contribution < -0.4 is 5.32 Å². The summed E-state index contributed by atoms with van der Waals surface area (Å²) in [6, 6.07) is 4.71. The lowest BCUT2D eigenvalue weighted by Crippen LogP contribution is -2.54. The predicted molar refractivity (Wildman–Crippen MR) is 55.8 cm³/mol. The van der Waals surface area contributed by atoms with Crippen molar-refractivity contribution < 1.29 is 0 Å². The van der Waals surface area contributed by atoms with Crippen molar-refractivity contribution in [3.05, 3.63) is 42.2 Å². The second kappa shape index (κ2) is 2.92. The van der Waals surface area contributed by atoms with Crippen molar-refractivity contribution in [1.82, 2.24) is 10.3 Å². The molecule has 1 aliphatic carbocycles. The minimum atomic E-state index is 0.475. The number of hydrogen-bond acceptors (Lipinski definition) is 2. The molecule has 1 spiro atoms. The van der Waals surface area contributed by atoms with Gasteiger partial charge in [-0.05, 0) is 24.5 Å². The summed E-state index contributed by atoms with van der Waals surface area (Å²) in [7, 11) is 0. The van der Waals surface area contributed by atoms with E-state index in [1.165, 1.54) is 18.4 Å². The van der Waals surface area contributed by atoms with Crippen molar-refractivity contribution in [3.8, 4) is 0 Å². The van der Waals surface area contributed by atoms with Crippen LogP contribution in [-0.4, -0.2) is 11.5 Å². The smallest absolute Gasteiger partial charge is 0.0410 e. The first kappa shape index (κ1) is 8.18. The molecule has 2 nitrogen and oxygen atoms in total. The summed E-state index contributed by atoms with van der Waals surface area (Å²) in [5.41, 5.74) is 1.81. The van der Waals surface area contributed by atoms with Crippen molar-refractivity contribution in [1.29, 1.82) is 0 Å². The Morgan fingerprint density at radius 3 is 2.79 bits per heavy atom. The summed E-state index contributed by atoms with van der Waals surface area (Å²) >= 11 is 0. The van der Waals surface area contributed by atoms with E-state index in [1.54, 1.807) is 0 Å². The van der Waals surface area contributed by atoms with E-state index < -0.39 is 0 Å².